The van der Waals surface area contributed by atoms with Crippen LogP contribution in [0.15, 0.2) is 44.6 Å². The molecular formula is C86H114. The third-order valence-electron chi connectivity index (χ3n) is 23.4. The Bertz CT molecular complexity index is 3580. The summed E-state index contributed by atoms with van der Waals surface area (Å²) < 4.78 is 0. The van der Waals surface area contributed by atoms with Gasteiger partial charge >= 0.3 is 0 Å². The van der Waals surface area contributed by atoms with E-state index in [4.69, 9.17) is 0 Å². The Morgan fingerprint density at radius 3 is 0.872 bits per heavy atom. The molecule has 0 N–H and O–H groups in total. The van der Waals surface area contributed by atoms with Crippen molar-refractivity contribution in [1.29, 1.82) is 0 Å². The SMILES string of the molecule is CC#CC1=Cc2c(C)c(C)c(C)c(C)c2C1.CC#CC1Cc2c(C)c(C)c(C)c(C)c2C1.CC(C)=C(C)C1=Cc2c(C)c(C)c(C)c(C)c2C1.CC(C)=C(C)C1Cc2c(C)c(C)c(C)c(C)c2C1.CC(C)=C(C)C1Cc2c(C)c(C)c(C)c(C)c2C1. The Morgan fingerprint density at radius 2 is 0.581 bits per heavy atom. The molecule has 0 heterocycles. The topological polar surface area (TPSA) is 0 Å². The van der Waals surface area contributed by atoms with Gasteiger partial charge in [-0.25, -0.2) is 0 Å². The largest absolute Gasteiger partial charge is 0.106 e. The zero-order valence-corrected chi connectivity index (χ0v) is 60.5. The quantitative estimate of drug-likeness (QED) is 0.125. The summed E-state index contributed by atoms with van der Waals surface area (Å²) >= 11 is 0. The van der Waals surface area contributed by atoms with Crippen LogP contribution < -0.4 is 0 Å². The molecule has 0 aromatic heterocycles. The molecule has 0 aliphatic heterocycles. The van der Waals surface area contributed by atoms with Gasteiger partial charge in [-0.05, 0) is 456 Å². The van der Waals surface area contributed by atoms with E-state index in [9.17, 15) is 0 Å². The maximum Gasteiger partial charge on any atom is 0.0283 e. The Kier molecular flexibility index (Phi) is 22.4. The van der Waals surface area contributed by atoms with Crippen molar-refractivity contribution in [3.63, 3.8) is 0 Å². The molecule has 10 rings (SSSR count). The van der Waals surface area contributed by atoms with Crippen LogP contribution in [0.25, 0.3) is 12.2 Å². The standard InChI is InChI=1S/2C18H26.C18H24.C16H20.C16H18/c3*1-10(2)11(3)16-8-17-14(6)12(4)13(5)15(7)18(17)9-16;2*1-6-7-14-8-15-12(4)10(2)11(3)13(5)16(15)9-14/h2*16H,8-9H2,1-7H3;8H,9H2,1-7H3;14H,8-9H2,1-5H3;8H,9H2,1-5H3. The van der Waals surface area contributed by atoms with Gasteiger partial charge in [-0.3, -0.25) is 0 Å². The van der Waals surface area contributed by atoms with Crippen molar-refractivity contribution in [1.82, 2.24) is 0 Å². The Hall–Kier alpha value is -6.08. The second-order valence-electron chi connectivity index (χ2n) is 27.9. The van der Waals surface area contributed by atoms with Crippen LogP contribution in [0, 0.1) is 180 Å². The molecule has 5 aliphatic carbocycles. The summed E-state index contributed by atoms with van der Waals surface area (Å²) in [6.45, 7) is 69.4. The van der Waals surface area contributed by atoms with Crippen molar-refractivity contribution >= 4 is 12.2 Å². The highest BCUT2D eigenvalue weighted by molar-refractivity contribution is 5.75. The van der Waals surface area contributed by atoms with Gasteiger partial charge in [0.1, 0.15) is 0 Å². The fourth-order valence-corrected chi connectivity index (χ4v) is 14.8. The van der Waals surface area contributed by atoms with Gasteiger partial charge in [0.25, 0.3) is 0 Å². The first-order valence-corrected chi connectivity index (χ1v) is 32.8. The number of allylic oxidation sites excluding steroid dienone is 8. The van der Waals surface area contributed by atoms with Crippen molar-refractivity contribution in [2.75, 3.05) is 0 Å². The number of hydrogen-bond donors (Lipinski definition) is 0. The van der Waals surface area contributed by atoms with Gasteiger partial charge in [0, 0.05) is 17.9 Å². The smallest absolute Gasteiger partial charge is 0.0283 e. The molecule has 5 aromatic rings. The van der Waals surface area contributed by atoms with Gasteiger partial charge in [0.15, 0.2) is 0 Å². The number of benzene rings is 5. The van der Waals surface area contributed by atoms with Crippen molar-refractivity contribution in [2.24, 2.45) is 17.8 Å². The van der Waals surface area contributed by atoms with E-state index < -0.39 is 0 Å². The zero-order chi connectivity index (χ0) is 64.6. The van der Waals surface area contributed by atoms with E-state index in [2.05, 4.69) is 237 Å². The number of hydrogen-bond acceptors (Lipinski definition) is 0. The lowest BCUT2D eigenvalue weighted by molar-refractivity contribution is 0.649. The molecule has 0 fully saturated rings. The van der Waals surface area contributed by atoms with Crippen LogP contribution >= 0.6 is 0 Å². The first kappa shape index (κ1) is 69.0. The minimum absolute atomic E-state index is 0.554. The monoisotopic (exact) mass is 1150 g/mol. The Balaban J connectivity index is 0.000000172. The summed E-state index contributed by atoms with van der Waals surface area (Å²) in [5.41, 5.74) is 57.2. The van der Waals surface area contributed by atoms with Crippen LogP contribution in [-0.2, 0) is 51.4 Å². The van der Waals surface area contributed by atoms with E-state index in [-0.39, 0.29) is 0 Å². The molecule has 86 heavy (non-hydrogen) atoms. The predicted octanol–water partition coefficient (Wildman–Crippen LogP) is 22.7. The lowest BCUT2D eigenvalue weighted by Gasteiger charge is -2.15. The van der Waals surface area contributed by atoms with Gasteiger partial charge in [-0.2, -0.15) is 0 Å². The summed E-state index contributed by atoms with van der Waals surface area (Å²) in [6, 6.07) is 0. The summed E-state index contributed by atoms with van der Waals surface area (Å²) in [6.07, 6.45) is 14.1. The summed E-state index contributed by atoms with van der Waals surface area (Å²) in [5.74, 6) is 14.6. The molecule has 0 amide bonds. The summed E-state index contributed by atoms with van der Waals surface area (Å²) in [4.78, 5) is 0. The van der Waals surface area contributed by atoms with Crippen LogP contribution in [-0.4, -0.2) is 0 Å². The number of fused-ring (bicyclic) bond motifs is 5. The molecule has 0 atom stereocenters. The van der Waals surface area contributed by atoms with Crippen molar-refractivity contribution in [3.8, 4) is 23.7 Å². The molecule has 0 heteroatoms. The third-order valence-corrected chi connectivity index (χ3v) is 23.4. The van der Waals surface area contributed by atoms with Crippen LogP contribution in [0.2, 0.25) is 0 Å². The van der Waals surface area contributed by atoms with E-state index in [1.807, 2.05) is 13.8 Å². The molecule has 0 bridgehead atoms. The maximum absolute atomic E-state index is 3.33. The van der Waals surface area contributed by atoms with Gasteiger partial charge in [-0.1, -0.05) is 45.8 Å². The highest BCUT2D eigenvalue weighted by Crippen LogP contribution is 2.42. The van der Waals surface area contributed by atoms with E-state index >= 15 is 0 Å². The molecule has 0 spiro atoms. The molecule has 0 nitrogen and oxygen atoms in total. The first-order chi connectivity index (χ1) is 40.1. The second kappa shape index (κ2) is 28.0. The molecule has 0 saturated carbocycles. The lowest BCUT2D eigenvalue weighted by atomic mass is 9.90. The third kappa shape index (κ3) is 13.6. The van der Waals surface area contributed by atoms with Crippen LogP contribution in [0.1, 0.15) is 243 Å². The van der Waals surface area contributed by atoms with Gasteiger partial charge in [-0.15, -0.1) is 11.8 Å². The minimum Gasteiger partial charge on any atom is -0.106 e. The zero-order valence-electron chi connectivity index (χ0n) is 60.5. The van der Waals surface area contributed by atoms with Crippen LogP contribution in [0.4, 0.5) is 0 Å². The predicted molar refractivity (Wildman–Crippen MR) is 382 cm³/mol. The maximum atomic E-state index is 3.33. The van der Waals surface area contributed by atoms with E-state index in [1.54, 1.807) is 50.1 Å². The van der Waals surface area contributed by atoms with Gasteiger partial charge in [0.05, 0.1) is 0 Å². The Morgan fingerprint density at radius 1 is 0.302 bits per heavy atom. The van der Waals surface area contributed by atoms with Crippen molar-refractivity contribution in [3.05, 3.63) is 211 Å². The fourth-order valence-electron chi connectivity index (χ4n) is 14.8. The average Bonchev–Trinajstić information content (AvgIpc) is 2.46. The van der Waals surface area contributed by atoms with E-state index in [0.717, 1.165) is 37.5 Å². The minimum atomic E-state index is 0.554. The Labute approximate surface area is 528 Å². The van der Waals surface area contributed by atoms with Crippen molar-refractivity contribution in [2.45, 2.75) is 266 Å². The molecule has 0 radical (unpaired) electrons. The fraction of sp³-hybridized carbons (Fsp3) is 0.488. The number of rotatable bonds is 3. The van der Waals surface area contributed by atoms with Crippen LogP contribution in [0.5, 0.6) is 0 Å². The summed E-state index contributed by atoms with van der Waals surface area (Å²) in [7, 11) is 0. The summed E-state index contributed by atoms with van der Waals surface area (Å²) in [5, 5.41) is 0. The average molecular weight is 1150 g/mol. The normalized spacial score (nSPS) is 14.1. The van der Waals surface area contributed by atoms with E-state index in [0.29, 0.717) is 5.92 Å². The highest BCUT2D eigenvalue weighted by atomic mass is 14.3. The van der Waals surface area contributed by atoms with E-state index in [1.165, 1.54) is 187 Å². The van der Waals surface area contributed by atoms with Crippen molar-refractivity contribution < 1.29 is 0 Å². The molecule has 0 unspecified atom stereocenters. The molecule has 5 aliphatic rings. The molecular weight excluding hydrogens is 1030 g/mol. The molecule has 458 valence electrons. The van der Waals surface area contributed by atoms with Crippen LogP contribution in [0.3, 0.4) is 0 Å². The lowest BCUT2D eigenvalue weighted by Crippen LogP contribution is -2.02. The highest BCUT2D eigenvalue weighted by Gasteiger charge is 2.30. The second-order valence-corrected chi connectivity index (χ2v) is 27.9. The van der Waals surface area contributed by atoms with Gasteiger partial charge < -0.3 is 0 Å². The van der Waals surface area contributed by atoms with Gasteiger partial charge in [0.2, 0.25) is 0 Å². The first-order valence-electron chi connectivity index (χ1n) is 32.8. The molecule has 0 saturated heterocycles. The molecule has 5 aromatic carbocycles.